The molecule has 1 saturated heterocycles. The Labute approximate surface area is 164 Å². The van der Waals surface area contributed by atoms with E-state index in [0.29, 0.717) is 48.5 Å². The van der Waals surface area contributed by atoms with Crippen LogP contribution in [0.4, 0.5) is 24.7 Å². The number of rotatable bonds is 3. The highest BCUT2D eigenvalue weighted by Crippen LogP contribution is 2.34. The second kappa shape index (κ2) is 7.23. The summed E-state index contributed by atoms with van der Waals surface area (Å²) in [5.74, 6) is 0.0187. The first-order chi connectivity index (χ1) is 13.8. The molecule has 150 valence electrons. The zero-order chi connectivity index (χ0) is 20.6. The van der Waals surface area contributed by atoms with Gasteiger partial charge in [-0.25, -0.2) is 4.98 Å². The predicted octanol–water partition coefficient (Wildman–Crippen LogP) is 3.07. The Morgan fingerprint density at radius 1 is 0.966 bits per heavy atom. The normalized spacial score (nSPS) is 15.0. The van der Waals surface area contributed by atoms with Gasteiger partial charge in [-0.2, -0.15) is 13.2 Å². The molecule has 1 fully saturated rings. The fourth-order valence-electron chi connectivity index (χ4n) is 3.59. The minimum Gasteiger partial charge on any atom is -0.367 e. The summed E-state index contributed by atoms with van der Waals surface area (Å²) < 4.78 is 38.9. The van der Waals surface area contributed by atoms with Crippen LogP contribution < -0.4 is 15.5 Å². The zero-order valence-electron chi connectivity index (χ0n) is 15.4. The average Bonchev–Trinajstić information content (AvgIpc) is 2.72. The van der Waals surface area contributed by atoms with Crippen LogP contribution in [0.2, 0.25) is 0 Å². The van der Waals surface area contributed by atoms with E-state index in [1.54, 1.807) is 24.4 Å². The number of piperazine rings is 1. The van der Waals surface area contributed by atoms with Crippen molar-refractivity contribution in [2.24, 2.45) is 5.73 Å². The molecular weight excluding hydrogens is 383 g/mol. The van der Waals surface area contributed by atoms with Crippen LogP contribution in [0.5, 0.6) is 0 Å². The Morgan fingerprint density at radius 2 is 1.69 bits per heavy atom. The van der Waals surface area contributed by atoms with E-state index in [4.69, 9.17) is 5.73 Å². The summed E-state index contributed by atoms with van der Waals surface area (Å²) in [5, 5.41) is 0.671. The molecule has 0 bridgehead atoms. The van der Waals surface area contributed by atoms with Gasteiger partial charge in [-0.05, 0) is 30.3 Å². The molecule has 3 heterocycles. The lowest BCUT2D eigenvalue weighted by Gasteiger charge is -2.37. The third kappa shape index (κ3) is 3.67. The molecule has 29 heavy (non-hydrogen) atoms. The molecule has 0 unspecified atom stereocenters. The standard InChI is InChI=1S/C20H18F3N5O/c21-20(22,23)13-3-4-14-16(12-13)25-7-5-17(14)27-8-10-28(11-9-27)19-15(18(24)29)2-1-6-26-19/h1-7,12H,8-11H2,(H2,24,29). The van der Waals surface area contributed by atoms with Crippen molar-refractivity contribution in [3.63, 3.8) is 0 Å². The maximum atomic E-state index is 13.0. The largest absolute Gasteiger partial charge is 0.416 e. The molecule has 1 amide bonds. The van der Waals surface area contributed by atoms with E-state index in [0.717, 1.165) is 17.8 Å². The van der Waals surface area contributed by atoms with Gasteiger partial charge in [-0.15, -0.1) is 0 Å². The van der Waals surface area contributed by atoms with E-state index < -0.39 is 17.6 Å². The minimum absolute atomic E-state index is 0.306. The smallest absolute Gasteiger partial charge is 0.367 e. The van der Waals surface area contributed by atoms with Crippen LogP contribution in [0.3, 0.4) is 0 Å². The average molecular weight is 401 g/mol. The summed E-state index contributed by atoms with van der Waals surface area (Å²) in [5.41, 5.74) is 6.24. The first kappa shape index (κ1) is 19.0. The van der Waals surface area contributed by atoms with Gasteiger partial charge < -0.3 is 15.5 Å². The summed E-state index contributed by atoms with van der Waals surface area (Å²) in [6.45, 7) is 2.44. The van der Waals surface area contributed by atoms with E-state index in [9.17, 15) is 18.0 Å². The Balaban J connectivity index is 1.58. The molecule has 2 aromatic heterocycles. The molecule has 0 radical (unpaired) electrons. The molecule has 1 aliphatic rings. The third-order valence-corrected chi connectivity index (χ3v) is 5.02. The number of fused-ring (bicyclic) bond motifs is 1. The summed E-state index contributed by atoms with van der Waals surface area (Å²) >= 11 is 0. The lowest BCUT2D eigenvalue weighted by Crippen LogP contribution is -2.47. The van der Waals surface area contributed by atoms with Gasteiger partial charge in [-0.3, -0.25) is 9.78 Å². The highest BCUT2D eigenvalue weighted by Gasteiger charge is 2.31. The van der Waals surface area contributed by atoms with Crippen molar-refractivity contribution in [1.29, 1.82) is 0 Å². The number of nitrogens with zero attached hydrogens (tertiary/aromatic N) is 4. The van der Waals surface area contributed by atoms with Gasteiger partial charge in [0.2, 0.25) is 0 Å². The summed E-state index contributed by atoms with van der Waals surface area (Å²) in [6.07, 6.45) is -1.27. The van der Waals surface area contributed by atoms with Gasteiger partial charge in [-0.1, -0.05) is 6.07 Å². The number of nitrogens with two attached hydrogens (primary N) is 1. The van der Waals surface area contributed by atoms with Crippen molar-refractivity contribution in [3.8, 4) is 0 Å². The number of alkyl halides is 3. The number of hydrogen-bond donors (Lipinski definition) is 1. The van der Waals surface area contributed by atoms with E-state index in [-0.39, 0.29) is 0 Å². The van der Waals surface area contributed by atoms with Gasteiger partial charge in [0.05, 0.1) is 16.6 Å². The van der Waals surface area contributed by atoms with E-state index >= 15 is 0 Å². The van der Waals surface area contributed by atoms with Crippen molar-refractivity contribution in [1.82, 2.24) is 9.97 Å². The van der Waals surface area contributed by atoms with Crippen LogP contribution in [-0.4, -0.2) is 42.1 Å². The van der Waals surface area contributed by atoms with Crippen molar-refractivity contribution in [2.45, 2.75) is 6.18 Å². The van der Waals surface area contributed by atoms with Crippen LogP contribution in [0.25, 0.3) is 10.9 Å². The van der Waals surface area contributed by atoms with Gasteiger partial charge in [0.1, 0.15) is 5.82 Å². The van der Waals surface area contributed by atoms with Crippen LogP contribution in [0.15, 0.2) is 48.8 Å². The maximum absolute atomic E-state index is 13.0. The number of anilines is 2. The molecule has 4 rings (SSSR count). The Bertz CT molecular complexity index is 1060. The Hall–Kier alpha value is -3.36. The number of amides is 1. The topological polar surface area (TPSA) is 75.4 Å². The van der Waals surface area contributed by atoms with Gasteiger partial charge >= 0.3 is 6.18 Å². The summed E-state index contributed by atoms with van der Waals surface area (Å²) in [6, 6.07) is 8.74. The number of carbonyl (C=O) groups excluding carboxylic acids is 1. The second-order valence-electron chi connectivity index (χ2n) is 6.77. The zero-order valence-corrected chi connectivity index (χ0v) is 15.4. The molecule has 0 spiro atoms. The number of aromatic nitrogens is 2. The predicted molar refractivity (Wildman–Crippen MR) is 104 cm³/mol. The van der Waals surface area contributed by atoms with Crippen LogP contribution in [-0.2, 0) is 6.18 Å². The highest BCUT2D eigenvalue weighted by atomic mass is 19.4. The molecule has 1 aliphatic heterocycles. The van der Waals surface area contributed by atoms with Crippen LogP contribution in [0.1, 0.15) is 15.9 Å². The van der Waals surface area contributed by atoms with Crippen molar-refractivity contribution in [2.75, 3.05) is 36.0 Å². The number of hydrogen-bond acceptors (Lipinski definition) is 5. The molecule has 9 heteroatoms. The number of carbonyl (C=O) groups is 1. The molecule has 2 N–H and O–H groups in total. The van der Waals surface area contributed by atoms with Crippen molar-refractivity contribution < 1.29 is 18.0 Å². The molecule has 0 saturated carbocycles. The van der Waals surface area contributed by atoms with Gasteiger partial charge in [0, 0.05) is 49.6 Å². The van der Waals surface area contributed by atoms with E-state index in [2.05, 4.69) is 14.9 Å². The van der Waals surface area contributed by atoms with Gasteiger partial charge in [0.25, 0.3) is 5.91 Å². The quantitative estimate of drug-likeness (QED) is 0.730. The number of primary amides is 1. The van der Waals surface area contributed by atoms with Crippen LogP contribution >= 0.6 is 0 Å². The van der Waals surface area contributed by atoms with Crippen LogP contribution in [0, 0.1) is 0 Å². The fourth-order valence-corrected chi connectivity index (χ4v) is 3.59. The van der Waals surface area contributed by atoms with E-state index in [1.165, 1.54) is 12.3 Å². The lowest BCUT2D eigenvalue weighted by atomic mass is 10.1. The first-order valence-corrected chi connectivity index (χ1v) is 9.05. The number of halogens is 3. The molecule has 0 atom stereocenters. The second-order valence-corrected chi connectivity index (χ2v) is 6.77. The van der Waals surface area contributed by atoms with Gasteiger partial charge in [0.15, 0.2) is 0 Å². The summed E-state index contributed by atoms with van der Waals surface area (Å²) in [7, 11) is 0. The molecule has 3 aromatic rings. The SMILES string of the molecule is NC(=O)c1cccnc1N1CCN(c2ccnc3cc(C(F)(F)F)ccc23)CC1. The van der Waals surface area contributed by atoms with Crippen molar-refractivity contribution >= 4 is 28.3 Å². The summed E-state index contributed by atoms with van der Waals surface area (Å²) in [4.78, 5) is 24.1. The monoisotopic (exact) mass is 401 g/mol. The molecule has 1 aromatic carbocycles. The highest BCUT2D eigenvalue weighted by molar-refractivity contribution is 5.97. The Morgan fingerprint density at radius 3 is 2.38 bits per heavy atom. The Kier molecular flexibility index (Phi) is 4.73. The maximum Gasteiger partial charge on any atom is 0.416 e. The first-order valence-electron chi connectivity index (χ1n) is 9.05. The molecule has 6 nitrogen and oxygen atoms in total. The fraction of sp³-hybridized carbons (Fsp3) is 0.250. The molecule has 0 aliphatic carbocycles. The number of pyridine rings is 2. The van der Waals surface area contributed by atoms with E-state index in [1.807, 2.05) is 4.90 Å². The van der Waals surface area contributed by atoms with Crippen molar-refractivity contribution in [3.05, 3.63) is 59.9 Å². The lowest BCUT2D eigenvalue weighted by molar-refractivity contribution is -0.137. The minimum atomic E-state index is -4.40. The third-order valence-electron chi connectivity index (χ3n) is 5.02. The molecular formula is C20H18F3N5O. The number of benzene rings is 1.